The van der Waals surface area contributed by atoms with Crippen LogP contribution >= 0.6 is 0 Å². The van der Waals surface area contributed by atoms with E-state index in [4.69, 9.17) is 9.84 Å². The molecule has 1 aromatic rings. The molecule has 0 aliphatic carbocycles. The van der Waals surface area contributed by atoms with E-state index in [0.717, 1.165) is 18.9 Å². The number of amides is 1. The molecule has 0 saturated carbocycles. The topological polar surface area (TPSA) is 75.6 Å². The molecule has 0 aliphatic rings. The van der Waals surface area contributed by atoms with Crippen molar-refractivity contribution >= 4 is 11.9 Å². The predicted octanol–water partition coefficient (Wildman–Crippen LogP) is 2.21. The minimum atomic E-state index is -1.31. The Morgan fingerprint density at radius 2 is 2.15 bits per heavy atom. The van der Waals surface area contributed by atoms with E-state index in [1.54, 1.807) is 0 Å². The van der Waals surface area contributed by atoms with Gasteiger partial charge in [-0.2, -0.15) is 0 Å². The molecule has 6 heteroatoms. The predicted molar refractivity (Wildman–Crippen MR) is 71.4 cm³/mol. The average Bonchev–Trinajstić information content (AvgIpc) is 2.37. The molecule has 2 N–H and O–H groups in total. The molecule has 1 amide bonds. The minimum Gasteiger partial charge on any atom is -0.480 e. The van der Waals surface area contributed by atoms with Gasteiger partial charge in [-0.05, 0) is 25.5 Å². The lowest BCUT2D eigenvalue weighted by Crippen LogP contribution is -2.36. The van der Waals surface area contributed by atoms with Crippen LogP contribution in [0.3, 0.4) is 0 Å². The minimum absolute atomic E-state index is 0.00401. The number of carboxylic acids is 1. The number of hydrogen-bond acceptors (Lipinski definition) is 3. The van der Waals surface area contributed by atoms with Crippen LogP contribution in [0.15, 0.2) is 18.2 Å². The summed E-state index contributed by atoms with van der Waals surface area (Å²) in [5, 5.41) is 11.6. The van der Waals surface area contributed by atoms with E-state index >= 15 is 0 Å². The number of halogens is 1. The summed E-state index contributed by atoms with van der Waals surface area (Å²) in [6.07, 6.45) is 1.75. The first-order chi connectivity index (χ1) is 9.45. The average molecular weight is 283 g/mol. The molecular formula is C14H18FNO4. The maximum Gasteiger partial charge on any atom is 0.339 e. The van der Waals surface area contributed by atoms with Gasteiger partial charge in [-0.25, -0.2) is 9.18 Å². The van der Waals surface area contributed by atoms with E-state index in [-0.39, 0.29) is 11.6 Å². The third-order valence-electron chi connectivity index (χ3n) is 2.67. The van der Waals surface area contributed by atoms with Gasteiger partial charge in [0, 0.05) is 6.04 Å². The highest BCUT2D eigenvalue weighted by Crippen LogP contribution is 2.22. The van der Waals surface area contributed by atoms with Crippen LogP contribution in [0.25, 0.3) is 0 Å². The van der Waals surface area contributed by atoms with Crippen LogP contribution < -0.4 is 10.1 Å². The van der Waals surface area contributed by atoms with Gasteiger partial charge in [-0.3, -0.25) is 4.79 Å². The Morgan fingerprint density at radius 1 is 1.45 bits per heavy atom. The fourth-order valence-electron chi connectivity index (χ4n) is 1.78. The highest BCUT2D eigenvalue weighted by Gasteiger charge is 2.17. The quantitative estimate of drug-likeness (QED) is 0.804. The number of nitrogens with one attached hydrogen (secondary N) is 1. The Bertz CT molecular complexity index is 490. The maximum atomic E-state index is 13.5. The second-order valence-electron chi connectivity index (χ2n) is 4.47. The van der Waals surface area contributed by atoms with Gasteiger partial charge in [0.05, 0.1) is 0 Å². The maximum absolute atomic E-state index is 13.5. The molecule has 0 fully saturated rings. The van der Waals surface area contributed by atoms with Gasteiger partial charge in [0.1, 0.15) is 5.56 Å². The molecule has 20 heavy (non-hydrogen) atoms. The third kappa shape index (κ3) is 4.53. The smallest absolute Gasteiger partial charge is 0.339 e. The molecule has 0 aliphatic heterocycles. The number of para-hydroxylation sites is 1. The molecule has 1 atom stereocenters. The van der Waals surface area contributed by atoms with Crippen molar-refractivity contribution in [2.24, 2.45) is 0 Å². The molecule has 0 saturated heterocycles. The lowest BCUT2D eigenvalue weighted by atomic mass is 10.2. The zero-order valence-corrected chi connectivity index (χ0v) is 11.5. The summed E-state index contributed by atoms with van der Waals surface area (Å²) in [7, 11) is 0. The molecule has 110 valence electrons. The van der Waals surface area contributed by atoms with Crippen LogP contribution in [-0.4, -0.2) is 29.6 Å². The number of hydrogen-bond donors (Lipinski definition) is 2. The summed E-state index contributed by atoms with van der Waals surface area (Å²) in [4.78, 5) is 22.5. The van der Waals surface area contributed by atoms with Crippen molar-refractivity contribution in [3.8, 4) is 5.75 Å². The van der Waals surface area contributed by atoms with Gasteiger partial charge in [0.15, 0.2) is 18.2 Å². The molecular weight excluding hydrogens is 265 g/mol. The number of carbonyl (C=O) groups is 2. The number of aromatic carboxylic acids is 1. The lowest BCUT2D eigenvalue weighted by Gasteiger charge is -2.14. The highest BCUT2D eigenvalue weighted by atomic mass is 19.1. The van der Waals surface area contributed by atoms with Gasteiger partial charge in [0.2, 0.25) is 0 Å². The number of ether oxygens (including phenoxy) is 1. The molecule has 1 unspecified atom stereocenters. The molecule has 0 aromatic heterocycles. The Hall–Kier alpha value is -2.11. The number of carboxylic acid groups (broad SMARTS) is 1. The fraction of sp³-hybridized carbons (Fsp3) is 0.429. The van der Waals surface area contributed by atoms with Gasteiger partial charge < -0.3 is 15.2 Å². The fourth-order valence-corrected chi connectivity index (χ4v) is 1.78. The van der Waals surface area contributed by atoms with Crippen LogP contribution in [0.4, 0.5) is 4.39 Å². The van der Waals surface area contributed by atoms with Crippen LogP contribution in [0.2, 0.25) is 0 Å². The van der Waals surface area contributed by atoms with E-state index < -0.39 is 30.1 Å². The Kier molecular flexibility index (Phi) is 5.96. The van der Waals surface area contributed by atoms with Crippen molar-refractivity contribution in [2.45, 2.75) is 32.7 Å². The van der Waals surface area contributed by atoms with Crippen LogP contribution in [0.1, 0.15) is 37.0 Å². The molecule has 1 rings (SSSR count). The number of carbonyl (C=O) groups excluding carboxylic acids is 1. The van der Waals surface area contributed by atoms with Crippen molar-refractivity contribution < 1.29 is 23.8 Å². The molecule has 5 nitrogen and oxygen atoms in total. The van der Waals surface area contributed by atoms with Gasteiger partial charge in [0.25, 0.3) is 5.91 Å². The van der Waals surface area contributed by atoms with E-state index in [2.05, 4.69) is 5.32 Å². The zero-order valence-electron chi connectivity index (χ0n) is 11.5. The first-order valence-corrected chi connectivity index (χ1v) is 6.39. The largest absolute Gasteiger partial charge is 0.480 e. The number of rotatable bonds is 7. The van der Waals surface area contributed by atoms with Crippen molar-refractivity contribution in [3.05, 3.63) is 29.6 Å². The van der Waals surface area contributed by atoms with Crippen molar-refractivity contribution in [3.63, 3.8) is 0 Å². The zero-order chi connectivity index (χ0) is 15.1. The Balaban J connectivity index is 2.66. The molecule has 0 radical (unpaired) electrons. The first kappa shape index (κ1) is 15.9. The summed E-state index contributed by atoms with van der Waals surface area (Å²) in [6, 6.07) is 3.57. The van der Waals surface area contributed by atoms with E-state index in [9.17, 15) is 14.0 Å². The SMILES string of the molecule is CCCC(C)NC(=O)COc1c(F)cccc1C(=O)O. The monoisotopic (exact) mass is 283 g/mol. The van der Waals surface area contributed by atoms with Crippen molar-refractivity contribution in [1.29, 1.82) is 0 Å². The summed E-state index contributed by atoms with van der Waals surface area (Å²) in [6.45, 7) is 3.43. The van der Waals surface area contributed by atoms with Crippen LogP contribution in [0, 0.1) is 5.82 Å². The first-order valence-electron chi connectivity index (χ1n) is 6.39. The van der Waals surface area contributed by atoms with Gasteiger partial charge in [-0.15, -0.1) is 0 Å². The molecule has 0 heterocycles. The van der Waals surface area contributed by atoms with Crippen LogP contribution in [-0.2, 0) is 4.79 Å². The summed E-state index contributed by atoms with van der Waals surface area (Å²) >= 11 is 0. The third-order valence-corrected chi connectivity index (χ3v) is 2.67. The number of benzene rings is 1. The molecule has 0 bridgehead atoms. The Labute approximate surface area is 116 Å². The second kappa shape index (κ2) is 7.47. The van der Waals surface area contributed by atoms with Gasteiger partial charge >= 0.3 is 5.97 Å². The van der Waals surface area contributed by atoms with E-state index in [0.29, 0.717) is 0 Å². The van der Waals surface area contributed by atoms with Crippen molar-refractivity contribution in [1.82, 2.24) is 5.32 Å². The molecule has 0 spiro atoms. The van der Waals surface area contributed by atoms with Crippen LogP contribution in [0.5, 0.6) is 5.75 Å². The van der Waals surface area contributed by atoms with Gasteiger partial charge in [-0.1, -0.05) is 19.4 Å². The Morgan fingerprint density at radius 3 is 2.75 bits per heavy atom. The standard InChI is InChI=1S/C14H18FNO4/c1-3-5-9(2)16-12(17)8-20-13-10(14(18)19)6-4-7-11(13)15/h4,6-7,9H,3,5,8H2,1-2H3,(H,16,17)(H,18,19). The van der Waals surface area contributed by atoms with E-state index in [1.165, 1.54) is 12.1 Å². The normalized spacial score (nSPS) is 11.8. The summed E-state index contributed by atoms with van der Waals surface area (Å²) in [5.74, 6) is -2.94. The lowest BCUT2D eigenvalue weighted by molar-refractivity contribution is -0.123. The molecule has 1 aromatic carbocycles. The summed E-state index contributed by atoms with van der Waals surface area (Å²) in [5.41, 5.74) is -0.306. The van der Waals surface area contributed by atoms with E-state index in [1.807, 2.05) is 13.8 Å². The highest BCUT2D eigenvalue weighted by molar-refractivity contribution is 5.91. The van der Waals surface area contributed by atoms with Crippen molar-refractivity contribution in [2.75, 3.05) is 6.61 Å². The summed E-state index contributed by atoms with van der Waals surface area (Å²) < 4.78 is 18.5. The second-order valence-corrected chi connectivity index (χ2v) is 4.47.